The fourth-order valence-electron chi connectivity index (χ4n) is 1.66. The minimum absolute atomic E-state index is 0.228. The Balaban J connectivity index is 3.30. The van der Waals surface area contributed by atoms with Crippen molar-refractivity contribution in [3.8, 4) is 5.75 Å². The van der Waals surface area contributed by atoms with Gasteiger partial charge in [-0.15, -0.1) is 0 Å². The second kappa shape index (κ2) is 4.90. The van der Waals surface area contributed by atoms with Crippen molar-refractivity contribution in [2.24, 2.45) is 5.73 Å². The molecule has 0 amide bonds. The van der Waals surface area contributed by atoms with Gasteiger partial charge < -0.3 is 10.5 Å². The van der Waals surface area contributed by atoms with E-state index in [1.165, 1.54) is 5.56 Å². The number of rotatable bonds is 3. The van der Waals surface area contributed by atoms with Crippen LogP contribution in [0, 0.1) is 6.92 Å². The van der Waals surface area contributed by atoms with E-state index in [4.69, 9.17) is 10.5 Å². The number of nitrogens with two attached hydrogens (primary N) is 1. The molecule has 0 radical (unpaired) electrons. The van der Waals surface area contributed by atoms with Crippen molar-refractivity contribution in [3.05, 3.63) is 28.8 Å². The second-order valence-electron chi connectivity index (χ2n) is 4.05. The molecule has 1 aromatic carbocycles. The van der Waals surface area contributed by atoms with Crippen LogP contribution in [0.5, 0.6) is 5.75 Å². The Hall–Kier alpha value is -0.670. The van der Waals surface area contributed by atoms with E-state index in [0.29, 0.717) is 5.92 Å². The van der Waals surface area contributed by atoms with Gasteiger partial charge in [-0.3, -0.25) is 0 Å². The quantitative estimate of drug-likeness (QED) is 0.612. The van der Waals surface area contributed by atoms with E-state index in [1.807, 2.05) is 13.0 Å². The number of ether oxygens (including phenoxy) is 1. The summed E-state index contributed by atoms with van der Waals surface area (Å²) in [6.07, 6.45) is 0. The summed E-state index contributed by atoms with van der Waals surface area (Å²) in [5.74, 6) is 1.35. The summed E-state index contributed by atoms with van der Waals surface area (Å²) >= 11 is 4.27. The van der Waals surface area contributed by atoms with Crippen LogP contribution in [0.1, 0.15) is 41.8 Å². The van der Waals surface area contributed by atoms with Crippen molar-refractivity contribution in [3.63, 3.8) is 0 Å². The van der Waals surface area contributed by atoms with Gasteiger partial charge in [0.2, 0.25) is 0 Å². The fraction of sp³-hybridized carbons (Fsp3) is 0.500. The zero-order valence-electron chi connectivity index (χ0n) is 9.74. The van der Waals surface area contributed by atoms with Crippen LogP contribution < -0.4 is 10.5 Å². The molecule has 84 valence electrons. The second-order valence-corrected chi connectivity index (χ2v) is 4.61. The fourth-order valence-corrected chi connectivity index (χ4v) is 1.94. The summed E-state index contributed by atoms with van der Waals surface area (Å²) < 4.78 is 5.36. The van der Waals surface area contributed by atoms with Crippen LogP contribution in [0.25, 0.3) is 0 Å². The third-order valence-corrected chi connectivity index (χ3v) is 2.84. The van der Waals surface area contributed by atoms with Gasteiger partial charge in [0.05, 0.1) is 12.5 Å². The Bertz CT molecular complexity index is 348. The highest BCUT2D eigenvalue weighted by atomic mass is 32.1. The molecule has 2 nitrogen and oxygen atoms in total. The lowest BCUT2D eigenvalue weighted by molar-refractivity contribution is 0.407. The van der Waals surface area contributed by atoms with Gasteiger partial charge in [-0.25, -0.2) is 0 Å². The molecular weight excluding hydrogens is 206 g/mol. The van der Waals surface area contributed by atoms with Crippen molar-refractivity contribution in [1.29, 1.82) is 0 Å². The third kappa shape index (κ3) is 2.67. The van der Waals surface area contributed by atoms with Crippen molar-refractivity contribution in [2.45, 2.75) is 32.1 Å². The molecule has 1 rings (SSSR count). The van der Waals surface area contributed by atoms with Crippen LogP contribution >= 0.6 is 12.6 Å². The van der Waals surface area contributed by atoms with Gasteiger partial charge in [0.15, 0.2) is 0 Å². The number of thiol groups is 1. The molecule has 2 N–H and O–H groups in total. The first-order valence-corrected chi connectivity index (χ1v) is 5.61. The van der Waals surface area contributed by atoms with Gasteiger partial charge >= 0.3 is 0 Å². The summed E-state index contributed by atoms with van der Waals surface area (Å²) in [4.78, 5) is 0. The van der Waals surface area contributed by atoms with Crippen molar-refractivity contribution >= 4 is 12.6 Å². The summed E-state index contributed by atoms with van der Waals surface area (Å²) in [6.45, 7) is 6.31. The maximum atomic E-state index is 5.80. The highest BCUT2D eigenvalue weighted by Crippen LogP contribution is 2.32. The average Bonchev–Trinajstić information content (AvgIpc) is 2.16. The smallest absolute Gasteiger partial charge is 0.122 e. The molecular formula is C12H19NOS. The number of hydrogen-bond acceptors (Lipinski definition) is 3. The zero-order valence-corrected chi connectivity index (χ0v) is 10.6. The molecule has 15 heavy (non-hydrogen) atoms. The number of aryl methyl sites for hydroxylation is 1. The summed E-state index contributed by atoms with van der Waals surface area (Å²) in [5, 5.41) is -0.228. The maximum Gasteiger partial charge on any atom is 0.122 e. The topological polar surface area (TPSA) is 35.2 Å². The van der Waals surface area contributed by atoms with Crippen molar-refractivity contribution < 1.29 is 4.74 Å². The van der Waals surface area contributed by atoms with E-state index < -0.39 is 0 Å². The molecule has 0 aliphatic carbocycles. The van der Waals surface area contributed by atoms with Gasteiger partial charge in [-0.05, 0) is 41.7 Å². The minimum Gasteiger partial charge on any atom is -0.496 e. The Morgan fingerprint density at radius 2 is 1.87 bits per heavy atom. The predicted octanol–water partition coefficient (Wildman–Crippen LogP) is 3.01. The Labute approximate surface area is 97.2 Å². The first kappa shape index (κ1) is 12.4. The van der Waals surface area contributed by atoms with Gasteiger partial charge in [-0.1, -0.05) is 13.8 Å². The molecule has 0 aliphatic heterocycles. The predicted molar refractivity (Wildman–Crippen MR) is 67.7 cm³/mol. The molecule has 1 aromatic rings. The highest BCUT2D eigenvalue weighted by Gasteiger charge is 2.13. The minimum atomic E-state index is -0.228. The van der Waals surface area contributed by atoms with Crippen LogP contribution in [0.2, 0.25) is 0 Å². The molecule has 0 fully saturated rings. The van der Waals surface area contributed by atoms with Crippen LogP contribution in [-0.2, 0) is 0 Å². The normalized spacial score (nSPS) is 13.0. The Morgan fingerprint density at radius 3 is 2.27 bits per heavy atom. The van der Waals surface area contributed by atoms with Gasteiger partial charge in [0.25, 0.3) is 0 Å². The first-order valence-electron chi connectivity index (χ1n) is 5.09. The van der Waals surface area contributed by atoms with Crippen LogP contribution in [0.4, 0.5) is 0 Å². The van der Waals surface area contributed by atoms with E-state index in [0.717, 1.165) is 16.9 Å². The zero-order chi connectivity index (χ0) is 11.6. The van der Waals surface area contributed by atoms with Gasteiger partial charge in [-0.2, -0.15) is 12.6 Å². The summed E-state index contributed by atoms with van der Waals surface area (Å²) in [6, 6.07) is 4.12. The van der Waals surface area contributed by atoms with Gasteiger partial charge in [0.1, 0.15) is 5.75 Å². The van der Waals surface area contributed by atoms with E-state index in [1.54, 1.807) is 7.11 Å². The van der Waals surface area contributed by atoms with Crippen LogP contribution in [-0.4, -0.2) is 7.11 Å². The van der Waals surface area contributed by atoms with Crippen molar-refractivity contribution in [2.75, 3.05) is 7.11 Å². The lowest BCUT2D eigenvalue weighted by Crippen LogP contribution is -2.07. The molecule has 0 spiro atoms. The molecule has 3 heteroatoms. The maximum absolute atomic E-state index is 5.80. The van der Waals surface area contributed by atoms with Crippen LogP contribution in [0.15, 0.2) is 12.1 Å². The lowest BCUT2D eigenvalue weighted by Gasteiger charge is -2.17. The number of hydrogen-bond donors (Lipinski definition) is 2. The lowest BCUT2D eigenvalue weighted by atomic mass is 9.96. The summed E-state index contributed by atoms with van der Waals surface area (Å²) in [5.41, 5.74) is 9.18. The first-order chi connectivity index (χ1) is 6.97. The molecule has 0 heterocycles. The molecule has 0 aliphatic rings. The molecule has 0 bridgehead atoms. The molecule has 1 unspecified atom stereocenters. The number of methoxy groups -OCH3 is 1. The molecule has 0 saturated carbocycles. The van der Waals surface area contributed by atoms with Crippen molar-refractivity contribution in [1.82, 2.24) is 0 Å². The molecule has 0 aromatic heterocycles. The molecule has 1 atom stereocenters. The highest BCUT2D eigenvalue weighted by molar-refractivity contribution is 7.80. The average molecular weight is 225 g/mol. The largest absolute Gasteiger partial charge is 0.496 e. The van der Waals surface area contributed by atoms with E-state index in [9.17, 15) is 0 Å². The Morgan fingerprint density at radius 1 is 1.27 bits per heavy atom. The monoisotopic (exact) mass is 225 g/mol. The third-order valence-electron chi connectivity index (χ3n) is 2.56. The van der Waals surface area contributed by atoms with E-state index in [2.05, 4.69) is 32.5 Å². The van der Waals surface area contributed by atoms with E-state index in [-0.39, 0.29) is 5.37 Å². The standard InChI is InChI=1S/C12H19NOS/c1-7(2)9-6-10(12(13)15)8(3)5-11(9)14-4/h5-7,12,15H,13H2,1-4H3. The van der Waals surface area contributed by atoms with Gasteiger partial charge in [0, 0.05) is 0 Å². The van der Waals surface area contributed by atoms with E-state index >= 15 is 0 Å². The molecule has 0 saturated heterocycles. The Kier molecular flexibility index (Phi) is 4.05. The summed E-state index contributed by atoms with van der Waals surface area (Å²) in [7, 11) is 1.70. The number of benzene rings is 1. The SMILES string of the molecule is COc1cc(C)c(C(N)S)cc1C(C)C. The van der Waals surface area contributed by atoms with Crippen LogP contribution in [0.3, 0.4) is 0 Å².